The molecule has 6 heteroatoms. The highest BCUT2D eigenvalue weighted by atomic mass is 79.9. The molecule has 2 aromatic carbocycles. The summed E-state index contributed by atoms with van der Waals surface area (Å²) < 4.78 is 7.70. The predicted octanol–water partition coefficient (Wildman–Crippen LogP) is 8.49. The monoisotopic (exact) mass is 533 g/mol. The zero-order valence-corrected chi connectivity index (χ0v) is 20.0. The molecule has 0 saturated carbocycles. The molecule has 2 aromatic rings. The number of halogens is 4. The molecule has 0 atom stereocenters. The highest BCUT2D eigenvalue weighted by Gasteiger charge is 2.09. The first-order chi connectivity index (χ1) is 13.0. The molecule has 0 radical (unpaired) electrons. The van der Waals surface area contributed by atoms with Crippen LogP contribution in [0.5, 0.6) is 5.75 Å². The first-order valence-corrected chi connectivity index (χ1v) is 11.4. The predicted molar refractivity (Wildman–Crippen MR) is 124 cm³/mol. The van der Waals surface area contributed by atoms with Crippen molar-refractivity contribution in [2.45, 2.75) is 45.6 Å². The van der Waals surface area contributed by atoms with Gasteiger partial charge < -0.3 is 4.74 Å². The zero-order chi connectivity index (χ0) is 19.6. The first kappa shape index (κ1) is 22.7. The van der Waals surface area contributed by atoms with Crippen molar-refractivity contribution in [2.24, 2.45) is 4.99 Å². The molecule has 0 saturated heterocycles. The van der Waals surface area contributed by atoms with Gasteiger partial charge in [-0.3, -0.25) is 4.99 Å². The Morgan fingerprint density at radius 3 is 2.33 bits per heavy atom. The van der Waals surface area contributed by atoms with Crippen molar-refractivity contribution < 1.29 is 4.74 Å². The van der Waals surface area contributed by atoms with Gasteiger partial charge >= 0.3 is 0 Å². The van der Waals surface area contributed by atoms with Crippen LogP contribution in [0.4, 0.5) is 0 Å². The van der Waals surface area contributed by atoms with Crippen LogP contribution in [-0.2, 0) is 6.61 Å². The van der Waals surface area contributed by atoms with Crippen LogP contribution in [0, 0.1) is 0 Å². The number of nitrogens with zero attached hydrogens (tertiary/aromatic N) is 1. The molecular weight excluding hydrogens is 513 g/mol. The second-order valence-corrected chi connectivity index (χ2v) is 8.82. The van der Waals surface area contributed by atoms with Gasteiger partial charge in [-0.25, -0.2) is 0 Å². The molecule has 0 aliphatic rings. The van der Waals surface area contributed by atoms with Crippen molar-refractivity contribution in [2.75, 3.05) is 6.54 Å². The van der Waals surface area contributed by atoms with Crippen molar-refractivity contribution in [3.8, 4) is 5.75 Å². The lowest BCUT2D eigenvalue weighted by atomic mass is 10.1. The Balaban J connectivity index is 1.92. The van der Waals surface area contributed by atoms with E-state index in [1.807, 2.05) is 30.5 Å². The van der Waals surface area contributed by atoms with E-state index in [1.165, 1.54) is 25.7 Å². The summed E-state index contributed by atoms with van der Waals surface area (Å²) in [5.41, 5.74) is 1.99. The van der Waals surface area contributed by atoms with Crippen LogP contribution in [-0.4, -0.2) is 12.8 Å². The standard InChI is InChI=1S/C21H23Br2Cl2NO/c1-2-3-4-5-6-9-26-13-16-10-17(22)21(18(23)11-16)27-14-15-7-8-19(24)20(25)12-15/h7-8,10-13H,2-6,9,14H2,1H3. The van der Waals surface area contributed by atoms with Gasteiger partial charge in [-0.2, -0.15) is 0 Å². The van der Waals surface area contributed by atoms with Crippen LogP contribution in [0.1, 0.15) is 50.2 Å². The summed E-state index contributed by atoms with van der Waals surface area (Å²) in [6.45, 7) is 3.50. The third kappa shape index (κ3) is 7.77. The summed E-state index contributed by atoms with van der Waals surface area (Å²) in [5, 5.41) is 1.06. The summed E-state index contributed by atoms with van der Waals surface area (Å²) in [7, 11) is 0. The van der Waals surface area contributed by atoms with E-state index in [4.69, 9.17) is 27.9 Å². The van der Waals surface area contributed by atoms with Gasteiger partial charge in [0.1, 0.15) is 12.4 Å². The van der Waals surface area contributed by atoms with Crippen molar-refractivity contribution in [1.29, 1.82) is 0 Å². The quantitative estimate of drug-likeness (QED) is 0.221. The lowest BCUT2D eigenvalue weighted by Gasteiger charge is -2.12. The minimum atomic E-state index is 0.402. The van der Waals surface area contributed by atoms with E-state index in [0.717, 1.165) is 38.8 Å². The molecular formula is C21H23Br2Cl2NO. The summed E-state index contributed by atoms with van der Waals surface area (Å²) >= 11 is 19.2. The Morgan fingerprint density at radius 2 is 1.67 bits per heavy atom. The molecule has 2 rings (SSSR count). The van der Waals surface area contributed by atoms with E-state index in [0.29, 0.717) is 16.7 Å². The fourth-order valence-corrected chi connectivity index (χ4v) is 4.32. The molecule has 0 aliphatic heterocycles. The number of unbranched alkanes of at least 4 members (excludes halogenated alkanes) is 4. The van der Waals surface area contributed by atoms with Gasteiger partial charge in [-0.05, 0) is 73.7 Å². The number of rotatable bonds is 10. The van der Waals surface area contributed by atoms with Crippen molar-refractivity contribution in [1.82, 2.24) is 0 Å². The van der Waals surface area contributed by atoms with Gasteiger partial charge in [0.25, 0.3) is 0 Å². The lowest BCUT2D eigenvalue weighted by molar-refractivity contribution is 0.302. The third-order valence-electron chi connectivity index (χ3n) is 4.02. The topological polar surface area (TPSA) is 21.6 Å². The minimum absolute atomic E-state index is 0.402. The van der Waals surface area contributed by atoms with Crippen LogP contribution in [0.15, 0.2) is 44.3 Å². The summed E-state index contributed by atoms with van der Waals surface area (Å²) in [6, 6.07) is 9.50. The lowest BCUT2D eigenvalue weighted by Crippen LogP contribution is -1.98. The Hall–Kier alpha value is -0.550. The number of aliphatic imine (C=N–C) groups is 1. The third-order valence-corrected chi connectivity index (χ3v) is 5.94. The fourth-order valence-electron chi connectivity index (χ4n) is 2.55. The van der Waals surface area contributed by atoms with Gasteiger partial charge in [0.05, 0.1) is 19.0 Å². The molecule has 0 aromatic heterocycles. The maximum Gasteiger partial charge on any atom is 0.148 e. The smallest absolute Gasteiger partial charge is 0.148 e. The van der Waals surface area contributed by atoms with Crippen LogP contribution >= 0.6 is 55.1 Å². The van der Waals surface area contributed by atoms with Gasteiger partial charge in [0.2, 0.25) is 0 Å². The van der Waals surface area contributed by atoms with E-state index in [-0.39, 0.29) is 0 Å². The summed E-state index contributed by atoms with van der Waals surface area (Å²) in [4.78, 5) is 4.53. The summed E-state index contributed by atoms with van der Waals surface area (Å²) in [6.07, 6.45) is 8.19. The zero-order valence-electron chi connectivity index (χ0n) is 15.3. The van der Waals surface area contributed by atoms with Crippen molar-refractivity contribution in [3.05, 3.63) is 60.4 Å². The highest BCUT2D eigenvalue weighted by molar-refractivity contribution is 9.11. The molecule has 146 valence electrons. The second kappa shape index (κ2) is 12.1. The van der Waals surface area contributed by atoms with Crippen molar-refractivity contribution in [3.63, 3.8) is 0 Å². The molecule has 2 nitrogen and oxygen atoms in total. The van der Waals surface area contributed by atoms with Gasteiger partial charge in [0.15, 0.2) is 0 Å². The Morgan fingerprint density at radius 1 is 0.963 bits per heavy atom. The van der Waals surface area contributed by atoms with Crippen LogP contribution in [0.25, 0.3) is 0 Å². The first-order valence-electron chi connectivity index (χ1n) is 9.07. The average Bonchev–Trinajstić information content (AvgIpc) is 2.63. The number of hydrogen-bond acceptors (Lipinski definition) is 2. The van der Waals surface area contributed by atoms with E-state index < -0.39 is 0 Å². The number of benzene rings is 2. The highest BCUT2D eigenvalue weighted by Crippen LogP contribution is 2.35. The van der Waals surface area contributed by atoms with Crippen LogP contribution in [0.2, 0.25) is 10.0 Å². The molecule has 0 spiro atoms. The molecule has 0 fully saturated rings. The number of ether oxygens (including phenoxy) is 1. The molecule has 27 heavy (non-hydrogen) atoms. The molecule has 0 unspecified atom stereocenters. The maximum absolute atomic E-state index is 6.05. The Kier molecular flexibility index (Phi) is 10.2. The average molecular weight is 536 g/mol. The van der Waals surface area contributed by atoms with Gasteiger partial charge in [-0.15, -0.1) is 0 Å². The van der Waals surface area contributed by atoms with E-state index in [9.17, 15) is 0 Å². The Labute approximate surface area is 188 Å². The number of hydrogen-bond donors (Lipinski definition) is 0. The van der Waals surface area contributed by atoms with E-state index in [2.05, 4.69) is 43.8 Å². The van der Waals surface area contributed by atoms with Gasteiger partial charge in [0, 0.05) is 12.8 Å². The van der Waals surface area contributed by atoms with E-state index >= 15 is 0 Å². The molecule has 0 aliphatic carbocycles. The Bertz CT molecular complexity index is 758. The van der Waals surface area contributed by atoms with Gasteiger partial charge in [-0.1, -0.05) is 61.9 Å². The minimum Gasteiger partial charge on any atom is -0.487 e. The largest absolute Gasteiger partial charge is 0.487 e. The van der Waals surface area contributed by atoms with Crippen LogP contribution in [0.3, 0.4) is 0 Å². The molecule has 0 N–H and O–H groups in total. The molecule has 0 bridgehead atoms. The molecule has 0 amide bonds. The second-order valence-electron chi connectivity index (χ2n) is 6.30. The fraction of sp³-hybridized carbons (Fsp3) is 0.381. The van der Waals surface area contributed by atoms with E-state index in [1.54, 1.807) is 6.07 Å². The summed E-state index contributed by atoms with van der Waals surface area (Å²) in [5.74, 6) is 0.748. The normalized spacial score (nSPS) is 11.3. The van der Waals surface area contributed by atoms with Crippen molar-refractivity contribution >= 4 is 61.3 Å². The SMILES string of the molecule is CCCCCCCN=Cc1cc(Br)c(OCc2ccc(Cl)c(Cl)c2)c(Br)c1. The molecule has 0 heterocycles. The van der Waals surface area contributed by atoms with Crippen LogP contribution < -0.4 is 4.74 Å². The maximum atomic E-state index is 6.05.